The van der Waals surface area contributed by atoms with Gasteiger partial charge >= 0.3 is 0 Å². The summed E-state index contributed by atoms with van der Waals surface area (Å²) >= 11 is 6.02. The average Bonchev–Trinajstić information content (AvgIpc) is 3.32. The lowest BCUT2D eigenvalue weighted by atomic mass is 10.1. The van der Waals surface area contributed by atoms with E-state index in [1.807, 2.05) is 0 Å². The molecule has 1 heterocycles. The van der Waals surface area contributed by atoms with Gasteiger partial charge in [-0.25, -0.2) is 4.39 Å². The van der Waals surface area contributed by atoms with E-state index < -0.39 is 5.82 Å². The Hall–Kier alpha value is -2.80. The number of piperazine rings is 1. The van der Waals surface area contributed by atoms with Gasteiger partial charge < -0.3 is 19.3 Å². The minimum Gasteiger partial charge on any atom is -0.493 e. The number of carbonyl (C=O) groups is 2. The summed E-state index contributed by atoms with van der Waals surface area (Å²) in [6, 6.07) is 8.99. The van der Waals surface area contributed by atoms with Crippen LogP contribution < -0.4 is 9.47 Å². The molecular formula is C24H26ClFN2O4. The van der Waals surface area contributed by atoms with Crippen LogP contribution in [-0.4, -0.2) is 61.0 Å². The molecule has 0 radical (unpaired) electrons. The Labute approximate surface area is 191 Å². The molecule has 6 nitrogen and oxygen atoms in total. The Morgan fingerprint density at radius 2 is 1.59 bits per heavy atom. The lowest BCUT2D eigenvalue weighted by molar-refractivity contribution is 0.0535. The monoisotopic (exact) mass is 460 g/mol. The summed E-state index contributed by atoms with van der Waals surface area (Å²) < 4.78 is 24.8. The van der Waals surface area contributed by atoms with E-state index in [2.05, 4.69) is 0 Å². The topological polar surface area (TPSA) is 59.1 Å². The first-order valence-electron chi connectivity index (χ1n) is 10.8. The molecule has 2 aromatic rings. The number of hydrogen-bond donors (Lipinski definition) is 0. The molecule has 2 aromatic carbocycles. The predicted molar refractivity (Wildman–Crippen MR) is 119 cm³/mol. The van der Waals surface area contributed by atoms with Gasteiger partial charge in [-0.05, 0) is 62.1 Å². The Balaban J connectivity index is 1.39. The lowest BCUT2D eigenvalue weighted by Gasteiger charge is -2.35. The Morgan fingerprint density at radius 3 is 2.22 bits per heavy atom. The molecule has 170 valence electrons. The number of amides is 2. The Bertz CT molecular complexity index is 1000. The maximum absolute atomic E-state index is 13.3. The summed E-state index contributed by atoms with van der Waals surface area (Å²) in [5.41, 5.74) is 0.775. The maximum Gasteiger partial charge on any atom is 0.255 e. The zero-order valence-electron chi connectivity index (χ0n) is 18.0. The van der Waals surface area contributed by atoms with E-state index in [1.54, 1.807) is 35.1 Å². The van der Waals surface area contributed by atoms with Crippen molar-refractivity contribution >= 4 is 23.4 Å². The third-order valence-corrected chi connectivity index (χ3v) is 6.33. The molecule has 0 atom stereocenters. The van der Waals surface area contributed by atoms with Crippen LogP contribution in [0.1, 0.15) is 46.4 Å². The molecule has 8 heteroatoms. The number of methoxy groups -OCH3 is 1. The third kappa shape index (κ3) is 4.83. The SMILES string of the molecule is COc1cc(C(=O)N2CCN(C(=O)c3ccc(F)cc3Cl)CC2)ccc1OC1CCCC1. The van der Waals surface area contributed by atoms with Gasteiger partial charge in [0.15, 0.2) is 11.5 Å². The number of rotatable bonds is 5. The molecule has 0 unspecified atom stereocenters. The van der Waals surface area contributed by atoms with Gasteiger partial charge in [-0.2, -0.15) is 0 Å². The summed E-state index contributed by atoms with van der Waals surface area (Å²) in [5, 5.41) is 0.0838. The van der Waals surface area contributed by atoms with Crippen LogP contribution in [0.2, 0.25) is 5.02 Å². The molecule has 0 aromatic heterocycles. The van der Waals surface area contributed by atoms with Crippen molar-refractivity contribution in [2.75, 3.05) is 33.3 Å². The number of hydrogen-bond acceptors (Lipinski definition) is 4. The Kier molecular flexibility index (Phi) is 6.84. The summed E-state index contributed by atoms with van der Waals surface area (Å²) in [6.07, 6.45) is 4.62. The molecule has 2 amide bonds. The van der Waals surface area contributed by atoms with Gasteiger partial charge in [-0.15, -0.1) is 0 Å². The van der Waals surface area contributed by atoms with Crippen LogP contribution in [-0.2, 0) is 0 Å². The minimum atomic E-state index is -0.489. The molecule has 1 saturated heterocycles. The molecule has 2 fully saturated rings. The van der Waals surface area contributed by atoms with E-state index in [0.29, 0.717) is 43.2 Å². The van der Waals surface area contributed by atoms with Crippen LogP contribution in [0.15, 0.2) is 36.4 Å². The van der Waals surface area contributed by atoms with Gasteiger partial charge in [0.1, 0.15) is 5.82 Å². The van der Waals surface area contributed by atoms with Crippen molar-refractivity contribution in [3.8, 4) is 11.5 Å². The molecule has 1 saturated carbocycles. The summed E-state index contributed by atoms with van der Waals surface area (Å²) in [7, 11) is 1.57. The summed E-state index contributed by atoms with van der Waals surface area (Å²) in [5.74, 6) is 0.321. The number of benzene rings is 2. The molecule has 1 aliphatic carbocycles. The highest BCUT2D eigenvalue weighted by Crippen LogP contribution is 2.32. The van der Waals surface area contributed by atoms with Gasteiger partial charge in [0, 0.05) is 31.7 Å². The number of ether oxygens (including phenoxy) is 2. The molecule has 0 bridgehead atoms. The van der Waals surface area contributed by atoms with Gasteiger partial charge in [0.05, 0.1) is 23.8 Å². The highest BCUT2D eigenvalue weighted by Gasteiger charge is 2.27. The van der Waals surface area contributed by atoms with E-state index in [9.17, 15) is 14.0 Å². The van der Waals surface area contributed by atoms with Crippen LogP contribution in [0.3, 0.4) is 0 Å². The normalized spacial score (nSPS) is 16.8. The van der Waals surface area contributed by atoms with Crippen molar-refractivity contribution in [2.45, 2.75) is 31.8 Å². The van der Waals surface area contributed by atoms with Gasteiger partial charge in [-0.3, -0.25) is 9.59 Å². The van der Waals surface area contributed by atoms with E-state index in [1.165, 1.54) is 25.0 Å². The van der Waals surface area contributed by atoms with Crippen molar-refractivity contribution in [3.05, 3.63) is 58.4 Å². The van der Waals surface area contributed by atoms with Gasteiger partial charge in [-0.1, -0.05) is 11.6 Å². The third-order valence-electron chi connectivity index (χ3n) is 6.02. The molecule has 0 spiro atoms. The van der Waals surface area contributed by atoms with Crippen LogP contribution in [0, 0.1) is 5.82 Å². The zero-order valence-corrected chi connectivity index (χ0v) is 18.7. The first-order chi connectivity index (χ1) is 15.5. The van der Waals surface area contributed by atoms with E-state index in [-0.39, 0.29) is 28.5 Å². The fourth-order valence-electron chi connectivity index (χ4n) is 4.21. The van der Waals surface area contributed by atoms with Gasteiger partial charge in [0.25, 0.3) is 11.8 Å². The predicted octanol–water partition coefficient (Wildman–Crippen LogP) is 4.41. The van der Waals surface area contributed by atoms with Crippen LogP contribution in [0.4, 0.5) is 4.39 Å². The summed E-state index contributed by atoms with van der Waals surface area (Å²) in [4.78, 5) is 29.1. The molecule has 0 N–H and O–H groups in total. The lowest BCUT2D eigenvalue weighted by Crippen LogP contribution is -2.50. The molecule has 32 heavy (non-hydrogen) atoms. The van der Waals surface area contributed by atoms with Gasteiger partial charge in [0.2, 0.25) is 0 Å². The number of nitrogens with zero attached hydrogens (tertiary/aromatic N) is 2. The average molecular weight is 461 g/mol. The number of carbonyl (C=O) groups excluding carboxylic acids is 2. The second kappa shape index (κ2) is 9.77. The van der Waals surface area contributed by atoms with Crippen LogP contribution >= 0.6 is 11.6 Å². The maximum atomic E-state index is 13.3. The van der Waals surface area contributed by atoms with Crippen LogP contribution in [0.25, 0.3) is 0 Å². The highest BCUT2D eigenvalue weighted by molar-refractivity contribution is 6.33. The van der Waals surface area contributed by atoms with Crippen molar-refractivity contribution < 1.29 is 23.5 Å². The van der Waals surface area contributed by atoms with E-state index >= 15 is 0 Å². The largest absolute Gasteiger partial charge is 0.493 e. The minimum absolute atomic E-state index is 0.0838. The quantitative estimate of drug-likeness (QED) is 0.663. The zero-order chi connectivity index (χ0) is 22.7. The van der Waals surface area contributed by atoms with E-state index in [4.69, 9.17) is 21.1 Å². The first-order valence-corrected chi connectivity index (χ1v) is 11.2. The second-order valence-electron chi connectivity index (χ2n) is 8.10. The van der Waals surface area contributed by atoms with Crippen molar-refractivity contribution in [2.24, 2.45) is 0 Å². The number of halogens is 2. The molecule has 2 aliphatic rings. The summed E-state index contributed by atoms with van der Waals surface area (Å²) in [6.45, 7) is 1.54. The Morgan fingerprint density at radius 1 is 0.938 bits per heavy atom. The smallest absolute Gasteiger partial charge is 0.255 e. The van der Waals surface area contributed by atoms with Crippen LogP contribution in [0.5, 0.6) is 11.5 Å². The molecule has 1 aliphatic heterocycles. The first kappa shape index (κ1) is 22.4. The van der Waals surface area contributed by atoms with E-state index in [0.717, 1.165) is 18.9 Å². The fraction of sp³-hybridized carbons (Fsp3) is 0.417. The molecule has 4 rings (SSSR count). The second-order valence-corrected chi connectivity index (χ2v) is 8.51. The van der Waals surface area contributed by atoms with Crippen molar-refractivity contribution in [1.29, 1.82) is 0 Å². The standard InChI is InChI=1S/C24H26ClFN2O4/c1-31-22-14-16(6-9-21(22)32-18-4-2-3-5-18)23(29)27-10-12-28(13-11-27)24(30)19-8-7-17(26)15-20(19)25/h6-9,14-15,18H,2-5,10-13H2,1H3. The van der Waals surface area contributed by atoms with Crippen molar-refractivity contribution in [3.63, 3.8) is 0 Å². The molecular weight excluding hydrogens is 435 g/mol. The highest BCUT2D eigenvalue weighted by atomic mass is 35.5. The van der Waals surface area contributed by atoms with Crippen molar-refractivity contribution in [1.82, 2.24) is 9.80 Å². The fourth-order valence-corrected chi connectivity index (χ4v) is 4.46.